The summed E-state index contributed by atoms with van der Waals surface area (Å²) in [7, 11) is 3.65. The number of aryl methyl sites for hydroxylation is 2. The van der Waals surface area contributed by atoms with Gasteiger partial charge in [-0.3, -0.25) is 14.9 Å². The lowest BCUT2D eigenvalue weighted by atomic mass is 10.1. The third-order valence-electron chi connectivity index (χ3n) is 4.06. The highest BCUT2D eigenvalue weighted by atomic mass is 16.6. The van der Waals surface area contributed by atoms with Gasteiger partial charge >= 0.3 is 0 Å². The number of benzene rings is 2. The Morgan fingerprint density at radius 2 is 1.93 bits per heavy atom. The summed E-state index contributed by atoms with van der Waals surface area (Å²) in [6.45, 7) is 4.10. The lowest BCUT2D eigenvalue weighted by Crippen LogP contribution is -2.26. The van der Waals surface area contributed by atoms with Crippen molar-refractivity contribution in [3.8, 4) is 0 Å². The topological polar surface area (TPSA) is 99.9 Å². The molecule has 0 aliphatic rings. The van der Waals surface area contributed by atoms with Crippen molar-refractivity contribution in [1.29, 1.82) is 0 Å². The van der Waals surface area contributed by atoms with Crippen LogP contribution < -0.4 is 15.6 Å². The largest absolute Gasteiger partial charge is 0.377 e. The zero-order valence-electron chi connectivity index (χ0n) is 15.8. The Hall–Kier alpha value is -3.42. The number of rotatable bonds is 7. The fourth-order valence-electron chi connectivity index (χ4n) is 2.41. The van der Waals surface area contributed by atoms with E-state index in [9.17, 15) is 14.9 Å². The van der Waals surface area contributed by atoms with Gasteiger partial charge in [-0.05, 0) is 43.2 Å². The second-order valence-corrected chi connectivity index (χ2v) is 6.34. The Labute approximate surface area is 158 Å². The Morgan fingerprint density at radius 1 is 1.19 bits per heavy atom. The highest BCUT2D eigenvalue weighted by Gasteiger charge is 2.11. The zero-order valence-corrected chi connectivity index (χ0v) is 15.8. The van der Waals surface area contributed by atoms with Crippen LogP contribution >= 0.6 is 0 Å². The molecule has 0 atom stereocenters. The molecule has 142 valence electrons. The molecule has 0 spiro atoms. The zero-order chi connectivity index (χ0) is 20.0. The Morgan fingerprint density at radius 3 is 2.56 bits per heavy atom. The lowest BCUT2D eigenvalue weighted by Gasteiger charge is -2.14. The van der Waals surface area contributed by atoms with Crippen LogP contribution in [0, 0.1) is 24.0 Å². The minimum atomic E-state index is -0.469. The average molecular weight is 369 g/mol. The fraction of sp³-hybridized carbons (Fsp3) is 0.263. The molecule has 0 saturated carbocycles. The number of nitro benzene ring substituents is 1. The van der Waals surface area contributed by atoms with Crippen LogP contribution in [0.3, 0.4) is 0 Å². The van der Waals surface area contributed by atoms with Crippen molar-refractivity contribution in [2.75, 3.05) is 30.9 Å². The predicted molar refractivity (Wildman–Crippen MR) is 108 cm³/mol. The Balaban J connectivity index is 1.99. The number of nitro groups is 1. The first-order valence-electron chi connectivity index (χ1n) is 8.36. The average Bonchev–Trinajstić information content (AvgIpc) is 2.62. The van der Waals surface area contributed by atoms with Crippen LogP contribution in [0.1, 0.15) is 16.7 Å². The maximum atomic E-state index is 11.9. The van der Waals surface area contributed by atoms with E-state index in [-0.39, 0.29) is 18.1 Å². The van der Waals surface area contributed by atoms with Gasteiger partial charge in [0.25, 0.3) is 11.6 Å². The van der Waals surface area contributed by atoms with E-state index in [1.165, 1.54) is 23.9 Å². The van der Waals surface area contributed by atoms with Gasteiger partial charge in [0.2, 0.25) is 0 Å². The van der Waals surface area contributed by atoms with Gasteiger partial charge in [-0.25, -0.2) is 5.43 Å². The summed E-state index contributed by atoms with van der Waals surface area (Å²) in [5.41, 5.74) is 6.85. The minimum Gasteiger partial charge on any atom is -0.377 e. The minimum absolute atomic E-state index is 0.0372. The Bertz CT molecular complexity index is 878. The van der Waals surface area contributed by atoms with E-state index in [1.807, 2.05) is 51.0 Å². The summed E-state index contributed by atoms with van der Waals surface area (Å²) in [6.07, 6.45) is 1.40. The fourth-order valence-corrected chi connectivity index (χ4v) is 2.41. The van der Waals surface area contributed by atoms with Crippen molar-refractivity contribution in [2.45, 2.75) is 13.8 Å². The monoisotopic (exact) mass is 369 g/mol. The molecule has 0 bridgehead atoms. The molecule has 8 heteroatoms. The predicted octanol–water partition coefficient (Wildman–Crippen LogP) is 2.84. The van der Waals surface area contributed by atoms with Crippen LogP contribution in [-0.4, -0.2) is 37.7 Å². The molecule has 0 aliphatic carbocycles. The Kier molecular flexibility index (Phi) is 6.48. The molecule has 8 nitrogen and oxygen atoms in total. The molecule has 0 radical (unpaired) electrons. The van der Waals surface area contributed by atoms with Crippen LogP contribution in [0.4, 0.5) is 17.1 Å². The summed E-state index contributed by atoms with van der Waals surface area (Å²) in [6, 6.07) is 10.3. The van der Waals surface area contributed by atoms with Gasteiger partial charge in [-0.15, -0.1) is 0 Å². The quantitative estimate of drug-likeness (QED) is 0.444. The molecular weight excluding hydrogens is 346 g/mol. The second-order valence-electron chi connectivity index (χ2n) is 6.34. The van der Waals surface area contributed by atoms with Gasteiger partial charge in [0.1, 0.15) is 0 Å². The molecule has 0 aromatic heterocycles. The van der Waals surface area contributed by atoms with Crippen molar-refractivity contribution in [1.82, 2.24) is 5.43 Å². The molecule has 2 rings (SSSR count). The molecule has 0 aliphatic heterocycles. The van der Waals surface area contributed by atoms with Gasteiger partial charge in [0.05, 0.1) is 17.7 Å². The third-order valence-corrected chi connectivity index (χ3v) is 4.06. The second kappa shape index (κ2) is 8.79. The third kappa shape index (κ3) is 5.53. The first-order chi connectivity index (χ1) is 12.8. The number of nitrogens with one attached hydrogen (secondary N) is 2. The maximum Gasteiger partial charge on any atom is 0.270 e. The van der Waals surface area contributed by atoms with Crippen molar-refractivity contribution in [2.24, 2.45) is 5.10 Å². The molecule has 0 heterocycles. The number of non-ortho nitro benzene ring substituents is 1. The van der Waals surface area contributed by atoms with Gasteiger partial charge < -0.3 is 10.2 Å². The van der Waals surface area contributed by atoms with Crippen LogP contribution in [-0.2, 0) is 4.79 Å². The first-order valence-corrected chi connectivity index (χ1v) is 8.36. The summed E-state index contributed by atoms with van der Waals surface area (Å²) in [5, 5.41) is 17.9. The van der Waals surface area contributed by atoms with E-state index in [1.54, 1.807) is 6.07 Å². The molecule has 0 unspecified atom stereocenters. The van der Waals surface area contributed by atoms with E-state index in [0.29, 0.717) is 5.56 Å². The van der Waals surface area contributed by atoms with Gasteiger partial charge in [-0.1, -0.05) is 6.07 Å². The smallest absolute Gasteiger partial charge is 0.270 e. The van der Waals surface area contributed by atoms with Crippen molar-refractivity contribution < 1.29 is 9.72 Å². The highest BCUT2D eigenvalue weighted by molar-refractivity contribution is 5.90. The summed E-state index contributed by atoms with van der Waals surface area (Å²) >= 11 is 0. The van der Waals surface area contributed by atoms with E-state index in [0.717, 1.165) is 16.9 Å². The molecule has 0 saturated heterocycles. The molecule has 2 aromatic rings. The maximum absolute atomic E-state index is 11.9. The van der Waals surface area contributed by atoms with Crippen molar-refractivity contribution in [3.05, 3.63) is 63.2 Å². The normalized spacial score (nSPS) is 10.7. The van der Waals surface area contributed by atoms with E-state index in [4.69, 9.17) is 0 Å². The standard InChI is InChI=1S/C19H23N5O3/c1-13-5-6-16(9-14(13)2)20-12-19(25)22-21-11-15-10-17(24(26)27)7-8-18(15)23(3)4/h5-11,20H,12H2,1-4H3,(H,22,25)/b21-11-. The number of amides is 1. The van der Waals surface area contributed by atoms with Crippen molar-refractivity contribution in [3.63, 3.8) is 0 Å². The van der Waals surface area contributed by atoms with E-state index < -0.39 is 4.92 Å². The number of hydrogen-bond acceptors (Lipinski definition) is 6. The number of hydrazone groups is 1. The van der Waals surface area contributed by atoms with Gasteiger partial charge in [0.15, 0.2) is 0 Å². The summed E-state index contributed by atoms with van der Waals surface area (Å²) < 4.78 is 0. The summed E-state index contributed by atoms with van der Waals surface area (Å²) in [5.74, 6) is -0.318. The number of anilines is 2. The molecule has 2 N–H and O–H groups in total. The van der Waals surface area contributed by atoms with E-state index >= 15 is 0 Å². The molecule has 1 amide bonds. The summed E-state index contributed by atoms with van der Waals surface area (Å²) in [4.78, 5) is 24.2. The molecular formula is C19H23N5O3. The molecule has 0 fully saturated rings. The van der Waals surface area contributed by atoms with Gasteiger partial charge in [-0.2, -0.15) is 5.10 Å². The molecule has 27 heavy (non-hydrogen) atoms. The number of carbonyl (C=O) groups is 1. The lowest BCUT2D eigenvalue weighted by molar-refractivity contribution is -0.384. The van der Waals surface area contributed by atoms with E-state index in [2.05, 4.69) is 15.8 Å². The SMILES string of the molecule is Cc1ccc(NCC(=O)N/N=C\c2cc([N+](=O)[O-])ccc2N(C)C)cc1C. The number of hydrogen-bond donors (Lipinski definition) is 2. The van der Waals surface area contributed by atoms with Crippen LogP contribution in [0.15, 0.2) is 41.5 Å². The number of carbonyl (C=O) groups excluding carboxylic acids is 1. The number of nitrogens with zero attached hydrogens (tertiary/aromatic N) is 3. The van der Waals surface area contributed by atoms with Crippen molar-refractivity contribution >= 4 is 29.2 Å². The van der Waals surface area contributed by atoms with Crippen LogP contribution in [0.25, 0.3) is 0 Å². The first kappa shape index (κ1) is 19.9. The molecule has 2 aromatic carbocycles. The van der Waals surface area contributed by atoms with Gasteiger partial charge in [0, 0.05) is 43.2 Å². The van der Waals surface area contributed by atoms with Crippen LogP contribution in [0.5, 0.6) is 0 Å². The van der Waals surface area contributed by atoms with Crippen LogP contribution in [0.2, 0.25) is 0 Å². The highest BCUT2D eigenvalue weighted by Crippen LogP contribution is 2.22.